The molecule has 0 bridgehead atoms. The summed E-state index contributed by atoms with van der Waals surface area (Å²) in [6.45, 7) is 1.82. The van der Waals surface area contributed by atoms with Gasteiger partial charge in [-0.2, -0.15) is 0 Å². The van der Waals surface area contributed by atoms with Gasteiger partial charge >= 0.3 is 0 Å². The largest absolute Gasteiger partial charge is 0.355 e. The maximum Gasteiger partial charge on any atom is 0.223 e. The standard InChI is InChI=1S/C14H26N2O/c1-16(13-8-4-5-9-13)11-10-15-14(17)12-6-2-3-7-12/h12-13H,2-11H2,1H3,(H,15,17). The topological polar surface area (TPSA) is 32.3 Å². The number of nitrogens with zero attached hydrogens (tertiary/aromatic N) is 1. The van der Waals surface area contributed by atoms with E-state index in [4.69, 9.17) is 0 Å². The van der Waals surface area contributed by atoms with E-state index in [9.17, 15) is 4.79 Å². The lowest BCUT2D eigenvalue weighted by molar-refractivity contribution is -0.124. The summed E-state index contributed by atoms with van der Waals surface area (Å²) in [5.74, 6) is 0.606. The average Bonchev–Trinajstić information content (AvgIpc) is 3.02. The van der Waals surface area contributed by atoms with Gasteiger partial charge in [0.15, 0.2) is 0 Å². The molecule has 0 saturated heterocycles. The molecule has 2 aliphatic carbocycles. The van der Waals surface area contributed by atoms with Crippen molar-refractivity contribution in [1.29, 1.82) is 0 Å². The van der Waals surface area contributed by atoms with Gasteiger partial charge in [0, 0.05) is 25.0 Å². The number of nitrogens with one attached hydrogen (secondary N) is 1. The number of carbonyl (C=O) groups excluding carboxylic acids is 1. The highest BCUT2D eigenvalue weighted by atomic mass is 16.1. The first kappa shape index (κ1) is 12.9. The summed E-state index contributed by atoms with van der Waals surface area (Å²) >= 11 is 0. The Balaban J connectivity index is 1.59. The number of likely N-dealkylation sites (N-methyl/N-ethyl adjacent to an activating group) is 1. The molecule has 2 saturated carbocycles. The van der Waals surface area contributed by atoms with E-state index in [1.807, 2.05) is 0 Å². The van der Waals surface area contributed by atoms with E-state index in [0.717, 1.165) is 32.0 Å². The van der Waals surface area contributed by atoms with Gasteiger partial charge in [0.1, 0.15) is 0 Å². The zero-order chi connectivity index (χ0) is 12.1. The zero-order valence-corrected chi connectivity index (χ0v) is 11.1. The minimum absolute atomic E-state index is 0.294. The molecule has 0 spiro atoms. The molecular weight excluding hydrogens is 212 g/mol. The molecule has 0 aromatic rings. The van der Waals surface area contributed by atoms with E-state index in [-0.39, 0.29) is 0 Å². The summed E-state index contributed by atoms with van der Waals surface area (Å²) in [6.07, 6.45) is 10.1. The maximum absolute atomic E-state index is 11.8. The lowest BCUT2D eigenvalue weighted by Crippen LogP contribution is -2.39. The van der Waals surface area contributed by atoms with Gasteiger partial charge in [0.2, 0.25) is 5.91 Å². The second-order valence-corrected chi connectivity index (χ2v) is 5.69. The molecule has 2 aliphatic rings. The van der Waals surface area contributed by atoms with Gasteiger partial charge in [-0.15, -0.1) is 0 Å². The lowest BCUT2D eigenvalue weighted by Gasteiger charge is -2.24. The second kappa shape index (κ2) is 6.39. The number of hydrogen-bond acceptors (Lipinski definition) is 2. The van der Waals surface area contributed by atoms with Crippen LogP contribution in [0.5, 0.6) is 0 Å². The van der Waals surface area contributed by atoms with Crippen LogP contribution in [0, 0.1) is 5.92 Å². The lowest BCUT2D eigenvalue weighted by atomic mass is 10.1. The Morgan fingerprint density at radius 2 is 1.71 bits per heavy atom. The van der Waals surface area contributed by atoms with E-state index in [1.54, 1.807) is 0 Å². The summed E-state index contributed by atoms with van der Waals surface area (Å²) < 4.78 is 0. The molecule has 0 atom stereocenters. The molecule has 98 valence electrons. The highest BCUT2D eigenvalue weighted by molar-refractivity contribution is 5.78. The predicted molar refractivity (Wildman–Crippen MR) is 69.9 cm³/mol. The van der Waals surface area contributed by atoms with Crippen molar-refractivity contribution in [2.45, 2.75) is 57.4 Å². The molecule has 0 radical (unpaired) electrons. The number of rotatable bonds is 5. The smallest absolute Gasteiger partial charge is 0.223 e. The zero-order valence-electron chi connectivity index (χ0n) is 11.1. The van der Waals surface area contributed by atoms with Gasteiger partial charge in [-0.3, -0.25) is 4.79 Å². The fourth-order valence-electron chi connectivity index (χ4n) is 3.22. The van der Waals surface area contributed by atoms with E-state index in [1.165, 1.54) is 38.5 Å². The molecule has 0 aromatic heterocycles. The molecule has 0 unspecified atom stereocenters. The summed E-state index contributed by atoms with van der Waals surface area (Å²) in [4.78, 5) is 14.2. The molecule has 3 nitrogen and oxygen atoms in total. The van der Waals surface area contributed by atoms with Crippen molar-refractivity contribution in [3.63, 3.8) is 0 Å². The highest BCUT2D eigenvalue weighted by Crippen LogP contribution is 2.24. The van der Waals surface area contributed by atoms with Crippen LogP contribution in [0.3, 0.4) is 0 Å². The van der Waals surface area contributed by atoms with Crippen LogP contribution in [0.25, 0.3) is 0 Å². The number of amides is 1. The normalized spacial score (nSPS) is 22.5. The van der Waals surface area contributed by atoms with Crippen LogP contribution in [-0.4, -0.2) is 37.0 Å². The van der Waals surface area contributed by atoms with Crippen LogP contribution in [-0.2, 0) is 4.79 Å². The van der Waals surface area contributed by atoms with E-state index >= 15 is 0 Å². The fourth-order valence-corrected chi connectivity index (χ4v) is 3.22. The molecule has 0 heterocycles. The van der Waals surface area contributed by atoms with Gasteiger partial charge in [0.05, 0.1) is 0 Å². The quantitative estimate of drug-likeness (QED) is 0.796. The minimum atomic E-state index is 0.294. The highest BCUT2D eigenvalue weighted by Gasteiger charge is 2.23. The average molecular weight is 238 g/mol. The van der Waals surface area contributed by atoms with Crippen molar-refractivity contribution < 1.29 is 4.79 Å². The van der Waals surface area contributed by atoms with Crippen molar-refractivity contribution in [1.82, 2.24) is 10.2 Å². The van der Waals surface area contributed by atoms with Crippen molar-refractivity contribution in [3.05, 3.63) is 0 Å². The van der Waals surface area contributed by atoms with Crippen molar-refractivity contribution >= 4 is 5.91 Å². The van der Waals surface area contributed by atoms with Crippen LogP contribution in [0.4, 0.5) is 0 Å². The van der Waals surface area contributed by atoms with E-state index < -0.39 is 0 Å². The molecule has 2 fully saturated rings. The monoisotopic (exact) mass is 238 g/mol. The first-order chi connectivity index (χ1) is 8.27. The molecule has 17 heavy (non-hydrogen) atoms. The molecule has 1 amide bonds. The van der Waals surface area contributed by atoms with Gasteiger partial charge < -0.3 is 10.2 Å². The summed E-state index contributed by atoms with van der Waals surface area (Å²) in [6, 6.07) is 0.762. The molecule has 3 heteroatoms. The Morgan fingerprint density at radius 1 is 1.12 bits per heavy atom. The van der Waals surface area contributed by atoms with Crippen LogP contribution in [0.15, 0.2) is 0 Å². The van der Waals surface area contributed by atoms with Crippen LogP contribution >= 0.6 is 0 Å². The van der Waals surface area contributed by atoms with E-state index in [2.05, 4.69) is 17.3 Å². The van der Waals surface area contributed by atoms with Crippen LogP contribution < -0.4 is 5.32 Å². The Kier molecular flexibility index (Phi) is 4.84. The Hall–Kier alpha value is -0.570. The second-order valence-electron chi connectivity index (χ2n) is 5.69. The fraction of sp³-hybridized carbons (Fsp3) is 0.929. The third kappa shape index (κ3) is 3.70. The Bertz CT molecular complexity index is 243. The SMILES string of the molecule is CN(CCNC(=O)C1CCCC1)C1CCCC1. The molecule has 0 aromatic carbocycles. The minimum Gasteiger partial charge on any atom is -0.355 e. The first-order valence-electron chi connectivity index (χ1n) is 7.25. The first-order valence-corrected chi connectivity index (χ1v) is 7.25. The molecular formula is C14H26N2O. The van der Waals surface area contributed by atoms with Crippen LogP contribution in [0.2, 0.25) is 0 Å². The summed E-state index contributed by atoms with van der Waals surface area (Å²) in [7, 11) is 2.19. The van der Waals surface area contributed by atoms with Gasteiger partial charge in [-0.1, -0.05) is 25.7 Å². The molecule has 1 N–H and O–H groups in total. The van der Waals surface area contributed by atoms with Crippen molar-refractivity contribution in [3.8, 4) is 0 Å². The van der Waals surface area contributed by atoms with Gasteiger partial charge in [-0.25, -0.2) is 0 Å². The Labute approximate surface area is 105 Å². The third-order valence-electron chi connectivity index (χ3n) is 4.44. The number of carbonyl (C=O) groups is 1. The molecule has 0 aliphatic heterocycles. The van der Waals surface area contributed by atoms with Crippen molar-refractivity contribution in [2.24, 2.45) is 5.92 Å². The predicted octanol–water partition coefficient (Wildman–Crippen LogP) is 2.17. The number of hydrogen-bond donors (Lipinski definition) is 1. The third-order valence-corrected chi connectivity index (χ3v) is 4.44. The maximum atomic E-state index is 11.8. The van der Waals surface area contributed by atoms with E-state index in [0.29, 0.717) is 11.8 Å². The summed E-state index contributed by atoms with van der Waals surface area (Å²) in [5, 5.41) is 3.10. The van der Waals surface area contributed by atoms with Gasteiger partial charge in [-0.05, 0) is 32.7 Å². The van der Waals surface area contributed by atoms with Crippen molar-refractivity contribution in [2.75, 3.05) is 20.1 Å². The Morgan fingerprint density at radius 3 is 2.35 bits per heavy atom. The van der Waals surface area contributed by atoms with Crippen LogP contribution in [0.1, 0.15) is 51.4 Å². The van der Waals surface area contributed by atoms with Gasteiger partial charge in [0.25, 0.3) is 0 Å². The molecule has 2 rings (SSSR count). The summed E-state index contributed by atoms with van der Waals surface area (Å²) in [5.41, 5.74) is 0.